The summed E-state index contributed by atoms with van der Waals surface area (Å²) in [5.41, 5.74) is -1.21. The van der Waals surface area contributed by atoms with Gasteiger partial charge in [-0.15, -0.1) is 6.58 Å². The Morgan fingerprint density at radius 1 is 1.31 bits per heavy atom. The Morgan fingerprint density at radius 3 is 2.62 bits per heavy atom. The number of benzene rings is 1. The summed E-state index contributed by atoms with van der Waals surface area (Å²) in [7, 11) is 0. The predicted molar refractivity (Wildman–Crippen MR) is 115 cm³/mol. The molecule has 3 fully saturated rings. The lowest BCUT2D eigenvalue weighted by molar-refractivity contribution is -0.158. The van der Waals surface area contributed by atoms with Crippen LogP contribution in [0.2, 0.25) is 0 Å². The highest BCUT2D eigenvalue weighted by molar-refractivity contribution is 5.98. The van der Waals surface area contributed by atoms with Crippen molar-refractivity contribution in [1.82, 2.24) is 9.80 Å². The van der Waals surface area contributed by atoms with E-state index in [1.807, 2.05) is 37.3 Å². The first-order valence-corrected chi connectivity index (χ1v) is 11.1. The zero-order valence-electron chi connectivity index (χ0n) is 18.3. The second kappa shape index (κ2) is 8.33. The molecule has 3 aliphatic rings. The largest absolute Gasteiger partial charge is 0.481 e. The fourth-order valence-corrected chi connectivity index (χ4v) is 6.09. The Balaban J connectivity index is 1.75. The molecule has 2 amide bonds. The van der Waals surface area contributed by atoms with E-state index in [0.717, 1.165) is 5.56 Å². The van der Waals surface area contributed by atoms with E-state index in [1.54, 1.807) is 11.0 Å². The van der Waals surface area contributed by atoms with Crippen molar-refractivity contribution >= 4 is 17.8 Å². The van der Waals surface area contributed by atoms with Gasteiger partial charge in [-0.25, -0.2) is 0 Å². The maximum Gasteiger partial charge on any atom is 0.310 e. The summed E-state index contributed by atoms with van der Waals surface area (Å²) >= 11 is 0. The summed E-state index contributed by atoms with van der Waals surface area (Å²) in [6.45, 7) is 5.86. The molecule has 1 spiro atoms. The first-order valence-electron chi connectivity index (χ1n) is 11.1. The van der Waals surface area contributed by atoms with E-state index in [0.29, 0.717) is 25.8 Å². The molecule has 3 aliphatic heterocycles. The summed E-state index contributed by atoms with van der Waals surface area (Å²) in [4.78, 5) is 42.6. The number of likely N-dealkylation sites (tertiary alicyclic amines) is 1. The maximum absolute atomic E-state index is 13.9. The summed E-state index contributed by atoms with van der Waals surface area (Å²) in [6.07, 6.45) is 3.01. The van der Waals surface area contributed by atoms with Gasteiger partial charge in [0.2, 0.25) is 11.8 Å². The number of β-amino-alcohol motifs (C(OH)–C–C–N with tert-alkyl or cyclic N) is 1. The van der Waals surface area contributed by atoms with Crippen LogP contribution in [-0.4, -0.2) is 74.7 Å². The third kappa shape index (κ3) is 3.16. The second-order valence-electron chi connectivity index (χ2n) is 8.92. The molecule has 4 rings (SSSR count). The maximum atomic E-state index is 13.9. The molecular formula is C24H30N2O6. The molecule has 172 valence electrons. The lowest BCUT2D eigenvalue weighted by atomic mass is 9.65. The van der Waals surface area contributed by atoms with E-state index >= 15 is 0 Å². The average molecular weight is 443 g/mol. The minimum atomic E-state index is -1.20. The van der Waals surface area contributed by atoms with Crippen molar-refractivity contribution in [2.45, 2.75) is 50.0 Å². The Labute approximate surface area is 187 Å². The second-order valence-corrected chi connectivity index (χ2v) is 8.92. The number of carboxylic acid groups (broad SMARTS) is 1. The molecule has 32 heavy (non-hydrogen) atoms. The smallest absolute Gasteiger partial charge is 0.310 e. The number of amides is 2. The number of nitrogens with zero attached hydrogens (tertiary/aromatic N) is 2. The van der Waals surface area contributed by atoms with E-state index in [2.05, 4.69) is 6.58 Å². The topological polar surface area (TPSA) is 107 Å². The van der Waals surface area contributed by atoms with Gasteiger partial charge in [-0.2, -0.15) is 0 Å². The van der Waals surface area contributed by atoms with Gasteiger partial charge in [0.05, 0.1) is 18.1 Å². The lowest BCUT2D eigenvalue weighted by Gasteiger charge is -2.36. The third-order valence-corrected chi connectivity index (χ3v) is 7.40. The van der Waals surface area contributed by atoms with Crippen LogP contribution in [0.4, 0.5) is 0 Å². The average Bonchev–Trinajstić information content (AvgIpc) is 3.38. The number of ether oxygens (including phenoxy) is 1. The predicted octanol–water partition coefficient (Wildman–Crippen LogP) is 1.43. The molecule has 0 aliphatic carbocycles. The number of hydrogen-bond donors (Lipinski definition) is 2. The van der Waals surface area contributed by atoms with Gasteiger partial charge in [0, 0.05) is 19.6 Å². The van der Waals surface area contributed by atoms with E-state index in [-0.39, 0.29) is 25.6 Å². The molecule has 0 aromatic heterocycles. The first-order chi connectivity index (χ1) is 15.3. The molecule has 3 saturated heterocycles. The van der Waals surface area contributed by atoms with Crippen LogP contribution < -0.4 is 0 Å². The Hall–Kier alpha value is -2.71. The van der Waals surface area contributed by atoms with E-state index in [1.165, 1.54) is 4.90 Å². The molecule has 8 nitrogen and oxygen atoms in total. The van der Waals surface area contributed by atoms with E-state index in [4.69, 9.17) is 4.74 Å². The zero-order valence-corrected chi connectivity index (χ0v) is 18.3. The summed E-state index contributed by atoms with van der Waals surface area (Å²) in [6, 6.07) is 8.53. The van der Waals surface area contributed by atoms with Gasteiger partial charge in [-0.1, -0.05) is 43.3 Å². The van der Waals surface area contributed by atoms with Crippen molar-refractivity contribution in [2.75, 3.05) is 19.7 Å². The monoisotopic (exact) mass is 442 g/mol. The number of hydrogen-bond acceptors (Lipinski definition) is 5. The van der Waals surface area contributed by atoms with Gasteiger partial charge in [-0.05, 0) is 24.8 Å². The fraction of sp³-hybridized carbons (Fsp3) is 0.542. The van der Waals surface area contributed by atoms with Gasteiger partial charge < -0.3 is 24.7 Å². The van der Waals surface area contributed by atoms with Gasteiger partial charge in [-0.3, -0.25) is 14.4 Å². The number of carbonyl (C=O) groups excluding carboxylic acids is 2. The molecule has 0 radical (unpaired) electrons. The number of aliphatic hydroxyl groups excluding tert-OH is 1. The van der Waals surface area contributed by atoms with Crippen molar-refractivity contribution in [3.8, 4) is 0 Å². The van der Waals surface area contributed by atoms with Gasteiger partial charge in [0.25, 0.3) is 0 Å². The SMILES string of the molecule is C=CCN(Cc1ccccc1)C(=O)C1N(CCO)C(=O)[C@@H]2[C@@H](C(=O)O)[C@@]3(CC)CCC12O3. The third-order valence-electron chi connectivity index (χ3n) is 7.40. The van der Waals surface area contributed by atoms with E-state index < -0.39 is 41.0 Å². The molecule has 2 bridgehead atoms. The fourth-order valence-electron chi connectivity index (χ4n) is 6.09. The summed E-state index contributed by atoms with van der Waals surface area (Å²) in [5, 5.41) is 19.6. The van der Waals surface area contributed by atoms with E-state index in [9.17, 15) is 24.6 Å². The summed E-state index contributed by atoms with van der Waals surface area (Å²) < 4.78 is 6.46. The van der Waals surface area contributed by atoms with Crippen LogP contribution in [0.5, 0.6) is 0 Å². The molecular weight excluding hydrogens is 412 g/mol. The molecule has 8 heteroatoms. The highest BCUT2D eigenvalue weighted by Crippen LogP contribution is 2.64. The highest BCUT2D eigenvalue weighted by Gasteiger charge is 2.79. The molecule has 5 atom stereocenters. The standard InChI is InChI=1S/C24H30N2O6/c1-3-12-25(15-16-8-6-5-7-9-16)21(29)19-24-11-10-23(4-2,32-24)18(22(30)31)17(24)20(28)26(19)13-14-27/h3,5-9,17-19,27H,1,4,10-15H2,2H3,(H,30,31)/t17-,18-,19?,23+,24?/m0/s1. The minimum absolute atomic E-state index is 0.0461. The van der Waals surface area contributed by atoms with Crippen LogP contribution in [-0.2, 0) is 25.7 Å². The van der Waals surface area contributed by atoms with Crippen molar-refractivity contribution < 1.29 is 29.3 Å². The first kappa shape index (κ1) is 22.5. The lowest BCUT2D eigenvalue weighted by Crippen LogP contribution is -2.56. The number of carboxylic acids is 1. The number of carbonyl (C=O) groups is 3. The van der Waals surface area contributed by atoms with Crippen LogP contribution in [0.25, 0.3) is 0 Å². The molecule has 1 aromatic carbocycles. The van der Waals surface area contributed by atoms with Gasteiger partial charge in [0.15, 0.2) is 0 Å². The number of rotatable bonds is 9. The normalized spacial score (nSPS) is 32.8. The molecule has 1 aromatic rings. The summed E-state index contributed by atoms with van der Waals surface area (Å²) in [5.74, 6) is -3.74. The van der Waals surface area contributed by atoms with Gasteiger partial charge in [0.1, 0.15) is 17.6 Å². The number of aliphatic hydroxyl groups is 1. The van der Waals surface area contributed by atoms with Crippen LogP contribution >= 0.6 is 0 Å². The van der Waals surface area contributed by atoms with Crippen molar-refractivity contribution in [1.29, 1.82) is 0 Å². The van der Waals surface area contributed by atoms with Crippen LogP contribution in [0, 0.1) is 11.8 Å². The Bertz CT molecular complexity index is 920. The molecule has 3 heterocycles. The van der Waals surface area contributed by atoms with Crippen LogP contribution in [0.15, 0.2) is 43.0 Å². The van der Waals surface area contributed by atoms with Crippen molar-refractivity contribution in [3.05, 3.63) is 48.6 Å². The molecule has 0 saturated carbocycles. The van der Waals surface area contributed by atoms with Crippen LogP contribution in [0.1, 0.15) is 31.7 Å². The molecule has 2 unspecified atom stereocenters. The Kier molecular flexibility index (Phi) is 5.85. The zero-order chi connectivity index (χ0) is 23.1. The molecule has 2 N–H and O–H groups in total. The number of fused-ring (bicyclic) bond motifs is 1. The highest BCUT2D eigenvalue weighted by atomic mass is 16.5. The quantitative estimate of drug-likeness (QED) is 0.561. The number of aliphatic carboxylic acids is 1. The van der Waals surface area contributed by atoms with Gasteiger partial charge >= 0.3 is 5.97 Å². The van der Waals surface area contributed by atoms with Crippen LogP contribution in [0.3, 0.4) is 0 Å². The van der Waals surface area contributed by atoms with Crippen molar-refractivity contribution in [3.63, 3.8) is 0 Å². The van der Waals surface area contributed by atoms with Crippen molar-refractivity contribution in [2.24, 2.45) is 11.8 Å². The minimum Gasteiger partial charge on any atom is -0.481 e. The Morgan fingerprint density at radius 2 is 2.03 bits per heavy atom.